The minimum atomic E-state index is 0.163. The van der Waals surface area contributed by atoms with Gasteiger partial charge in [-0.2, -0.15) is 4.98 Å². The van der Waals surface area contributed by atoms with E-state index in [2.05, 4.69) is 46.7 Å². The summed E-state index contributed by atoms with van der Waals surface area (Å²) >= 11 is 0. The van der Waals surface area contributed by atoms with Gasteiger partial charge in [0, 0.05) is 36.2 Å². The number of aliphatic hydroxyl groups excluding tert-OH is 1. The van der Waals surface area contributed by atoms with Gasteiger partial charge >= 0.3 is 0 Å². The van der Waals surface area contributed by atoms with E-state index < -0.39 is 0 Å². The summed E-state index contributed by atoms with van der Waals surface area (Å²) in [5, 5.41) is 16.4. The third kappa shape index (κ3) is 3.46. The molecule has 1 atom stereocenters. The number of hydrogen-bond donors (Lipinski definition) is 3. The summed E-state index contributed by atoms with van der Waals surface area (Å²) in [5.74, 6) is 1.55. The molecule has 1 fully saturated rings. The Hall–Kier alpha value is -2.34. The lowest BCUT2D eigenvalue weighted by molar-refractivity contribution is 0.266. The van der Waals surface area contributed by atoms with E-state index in [-0.39, 0.29) is 12.6 Å². The van der Waals surface area contributed by atoms with Crippen LogP contribution in [0.4, 0.5) is 23.1 Å². The van der Waals surface area contributed by atoms with Crippen LogP contribution in [0.5, 0.6) is 0 Å². The Morgan fingerprint density at radius 3 is 3.08 bits per heavy atom. The van der Waals surface area contributed by atoms with E-state index >= 15 is 0 Å². The second kappa shape index (κ2) is 7.50. The number of aliphatic hydroxyl groups is 1. The average Bonchev–Trinajstić information content (AvgIpc) is 3.30. The van der Waals surface area contributed by atoms with Crippen molar-refractivity contribution in [2.45, 2.75) is 45.1 Å². The van der Waals surface area contributed by atoms with Gasteiger partial charge in [0.15, 0.2) is 0 Å². The second-order valence-corrected chi connectivity index (χ2v) is 7.14. The Bertz CT molecular complexity index is 779. The zero-order valence-corrected chi connectivity index (χ0v) is 15.3. The number of rotatable bonds is 6. The minimum Gasteiger partial charge on any atom is -0.394 e. The van der Waals surface area contributed by atoms with Crippen molar-refractivity contribution in [2.75, 3.05) is 35.2 Å². The summed E-state index contributed by atoms with van der Waals surface area (Å²) in [6.07, 6.45) is 5.16. The quantitative estimate of drug-likeness (QED) is 0.741. The predicted octanol–water partition coefficient (Wildman–Crippen LogP) is 3.10. The highest BCUT2D eigenvalue weighted by Gasteiger charge is 2.25. The van der Waals surface area contributed by atoms with Gasteiger partial charge in [-0.1, -0.05) is 19.4 Å². The number of fused-ring (bicyclic) bond motifs is 1. The number of anilines is 4. The summed E-state index contributed by atoms with van der Waals surface area (Å²) in [5.41, 5.74) is 4.60. The Balaban J connectivity index is 1.62. The molecule has 0 aliphatic carbocycles. The maximum absolute atomic E-state index is 9.66. The molecular formula is C20H27N5O. The van der Waals surface area contributed by atoms with E-state index in [0.29, 0.717) is 5.95 Å². The lowest BCUT2D eigenvalue weighted by atomic mass is 10.1. The Morgan fingerprint density at radius 2 is 2.23 bits per heavy atom. The minimum absolute atomic E-state index is 0.163. The number of aryl methyl sites for hydroxylation is 1. The molecule has 4 rings (SSSR count). The van der Waals surface area contributed by atoms with Gasteiger partial charge in [0.05, 0.1) is 12.6 Å². The largest absolute Gasteiger partial charge is 0.394 e. The van der Waals surface area contributed by atoms with Crippen LogP contribution in [0, 0.1) is 0 Å². The fourth-order valence-corrected chi connectivity index (χ4v) is 3.90. The molecule has 0 spiro atoms. The van der Waals surface area contributed by atoms with Gasteiger partial charge in [-0.15, -0.1) is 0 Å². The molecule has 0 radical (unpaired) electrons. The fraction of sp³-hybridized carbons (Fsp3) is 0.500. The van der Waals surface area contributed by atoms with Crippen molar-refractivity contribution in [3.63, 3.8) is 0 Å². The van der Waals surface area contributed by atoms with E-state index in [1.54, 1.807) is 0 Å². The van der Waals surface area contributed by atoms with E-state index in [9.17, 15) is 5.11 Å². The molecule has 2 aliphatic heterocycles. The van der Waals surface area contributed by atoms with Crippen LogP contribution in [0.25, 0.3) is 0 Å². The molecule has 138 valence electrons. The Labute approximate surface area is 154 Å². The molecule has 6 nitrogen and oxygen atoms in total. The van der Waals surface area contributed by atoms with Gasteiger partial charge in [0.1, 0.15) is 5.82 Å². The Kier molecular flexibility index (Phi) is 4.93. The van der Waals surface area contributed by atoms with Crippen molar-refractivity contribution in [3.8, 4) is 0 Å². The van der Waals surface area contributed by atoms with Crippen LogP contribution in [-0.2, 0) is 12.8 Å². The van der Waals surface area contributed by atoms with E-state index in [4.69, 9.17) is 9.97 Å². The van der Waals surface area contributed by atoms with Crippen LogP contribution in [0.2, 0.25) is 0 Å². The third-order valence-electron chi connectivity index (χ3n) is 5.23. The SMILES string of the molecule is CCCc1cc(N2CCC[C@H]2CO)nc(Nc2ccc3c(c2)NCC3)n1. The molecule has 3 N–H and O–H groups in total. The van der Waals surface area contributed by atoms with Crippen LogP contribution < -0.4 is 15.5 Å². The molecule has 0 amide bonds. The summed E-state index contributed by atoms with van der Waals surface area (Å²) in [6.45, 7) is 4.28. The second-order valence-electron chi connectivity index (χ2n) is 7.14. The third-order valence-corrected chi connectivity index (χ3v) is 5.23. The van der Waals surface area contributed by atoms with Gasteiger partial charge < -0.3 is 20.6 Å². The molecule has 0 bridgehead atoms. The highest BCUT2D eigenvalue weighted by molar-refractivity contribution is 5.67. The predicted molar refractivity (Wildman–Crippen MR) is 105 cm³/mol. The summed E-state index contributed by atoms with van der Waals surface area (Å²) in [7, 11) is 0. The first-order valence-corrected chi connectivity index (χ1v) is 9.66. The van der Waals surface area contributed by atoms with Crippen LogP contribution in [0.1, 0.15) is 37.4 Å². The number of nitrogens with zero attached hydrogens (tertiary/aromatic N) is 3. The molecule has 0 saturated carbocycles. The standard InChI is InChI=1S/C20H27N5O/c1-2-4-15-12-19(25-10-3-5-17(25)13-26)24-20(22-15)23-16-7-6-14-8-9-21-18(14)11-16/h6-7,11-12,17,21,26H,2-5,8-10,13H2,1H3,(H,22,23,24)/t17-/m0/s1. The van der Waals surface area contributed by atoms with E-state index in [0.717, 1.165) is 62.4 Å². The average molecular weight is 353 g/mol. The summed E-state index contributed by atoms with van der Waals surface area (Å²) in [4.78, 5) is 11.7. The highest BCUT2D eigenvalue weighted by Crippen LogP contribution is 2.29. The maximum atomic E-state index is 9.66. The van der Waals surface area contributed by atoms with Crippen LogP contribution in [-0.4, -0.2) is 40.8 Å². The molecule has 1 aromatic carbocycles. The number of hydrogen-bond acceptors (Lipinski definition) is 6. The fourth-order valence-electron chi connectivity index (χ4n) is 3.90. The first kappa shape index (κ1) is 17.1. The monoisotopic (exact) mass is 353 g/mol. The molecule has 6 heteroatoms. The van der Waals surface area contributed by atoms with Gasteiger partial charge in [0.25, 0.3) is 0 Å². The Morgan fingerprint density at radius 1 is 1.31 bits per heavy atom. The lowest BCUT2D eigenvalue weighted by Gasteiger charge is -2.25. The number of nitrogens with one attached hydrogen (secondary N) is 2. The lowest BCUT2D eigenvalue weighted by Crippen LogP contribution is -2.33. The van der Waals surface area contributed by atoms with Crippen molar-refractivity contribution in [1.82, 2.24) is 9.97 Å². The molecule has 1 aromatic heterocycles. The van der Waals surface area contributed by atoms with Crippen molar-refractivity contribution in [3.05, 3.63) is 35.5 Å². The molecule has 26 heavy (non-hydrogen) atoms. The van der Waals surface area contributed by atoms with Gasteiger partial charge in [-0.25, -0.2) is 4.98 Å². The number of benzene rings is 1. The van der Waals surface area contributed by atoms with Gasteiger partial charge in [-0.3, -0.25) is 0 Å². The van der Waals surface area contributed by atoms with Crippen molar-refractivity contribution >= 4 is 23.1 Å². The molecule has 2 aromatic rings. The molecule has 0 unspecified atom stereocenters. The van der Waals surface area contributed by atoms with Crippen molar-refractivity contribution in [2.24, 2.45) is 0 Å². The maximum Gasteiger partial charge on any atom is 0.229 e. The smallest absolute Gasteiger partial charge is 0.229 e. The van der Waals surface area contributed by atoms with Crippen molar-refractivity contribution < 1.29 is 5.11 Å². The topological polar surface area (TPSA) is 73.3 Å². The highest BCUT2D eigenvalue weighted by atomic mass is 16.3. The molecule has 3 heterocycles. The zero-order chi connectivity index (χ0) is 17.9. The molecule has 2 aliphatic rings. The first-order valence-electron chi connectivity index (χ1n) is 9.66. The van der Waals surface area contributed by atoms with Crippen molar-refractivity contribution in [1.29, 1.82) is 0 Å². The summed E-state index contributed by atoms with van der Waals surface area (Å²) in [6, 6.07) is 8.62. The van der Waals surface area contributed by atoms with Crippen LogP contribution >= 0.6 is 0 Å². The van der Waals surface area contributed by atoms with Crippen LogP contribution in [0.15, 0.2) is 24.3 Å². The normalized spacial score (nSPS) is 18.7. The van der Waals surface area contributed by atoms with Gasteiger partial charge in [-0.05, 0) is 43.4 Å². The van der Waals surface area contributed by atoms with Gasteiger partial charge in [0.2, 0.25) is 5.95 Å². The molecular weight excluding hydrogens is 326 g/mol. The first-order chi connectivity index (χ1) is 12.8. The number of aromatic nitrogens is 2. The van der Waals surface area contributed by atoms with Crippen LogP contribution in [0.3, 0.4) is 0 Å². The van der Waals surface area contributed by atoms with E-state index in [1.165, 1.54) is 11.3 Å². The molecule has 1 saturated heterocycles. The summed E-state index contributed by atoms with van der Waals surface area (Å²) < 4.78 is 0. The van der Waals surface area contributed by atoms with E-state index in [1.807, 2.05) is 0 Å². The zero-order valence-electron chi connectivity index (χ0n) is 15.3.